The number of aliphatic hydroxyl groups excluding tert-OH is 1. The van der Waals surface area contributed by atoms with E-state index < -0.39 is 6.29 Å². The minimum absolute atomic E-state index is 0.0110. The number of esters is 1. The van der Waals surface area contributed by atoms with Crippen LogP contribution in [0, 0.1) is 45.3 Å². The van der Waals surface area contributed by atoms with E-state index in [0.29, 0.717) is 24.2 Å². The zero-order valence-electron chi connectivity index (χ0n) is 35.7. The van der Waals surface area contributed by atoms with Crippen molar-refractivity contribution in [1.29, 1.82) is 0 Å². The molecular weight excluding hydrogens is 657 g/mol. The van der Waals surface area contributed by atoms with Gasteiger partial charge < -0.3 is 19.3 Å². The molecule has 11 unspecified atom stereocenters. The fourth-order valence-electron chi connectivity index (χ4n) is 13.6. The maximum Gasteiger partial charge on any atom is 0.306 e. The maximum atomic E-state index is 13.2. The van der Waals surface area contributed by atoms with E-state index in [1.165, 1.54) is 109 Å². The van der Waals surface area contributed by atoms with Gasteiger partial charge in [0.1, 0.15) is 12.2 Å². The number of hydrogen-bond acceptors (Lipinski definition) is 5. The van der Waals surface area contributed by atoms with Crippen molar-refractivity contribution in [3.63, 3.8) is 0 Å². The van der Waals surface area contributed by atoms with Crippen LogP contribution in [0.2, 0.25) is 0 Å². The highest BCUT2D eigenvalue weighted by Crippen LogP contribution is 2.74. The Labute approximate surface area is 325 Å². The summed E-state index contributed by atoms with van der Waals surface area (Å²) >= 11 is 0. The van der Waals surface area contributed by atoms with Gasteiger partial charge in [-0.2, -0.15) is 0 Å². The first-order valence-electron chi connectivity index (χ1n) is 23.1. The van der Waals surface area contributed by atoms with Gasteiger partial charge >= 0.3 is 5.97 Å². The summed E-state index contributed by atoms with van der Waals surface area (Å²) in [5.74, 6) is 1.79. The van der Waals surface area contributed by atoms with Gasteiger partial charge in [-0.15, -0.1) is 0 Å². The number of carbonyl (C=O) groups is 1. The van der Waals surface area contributed by atoms with Crippen molar-refractivity contribution in [2.24, 2.45) is 45.3 Å². The molecule has 6 rings (SSSR count). The molecule has 0 radical (unpaired) electrons. The van der Waals surface area contributed by atoms with Crippen LogP contribution in [0.3, 0.4) is 0 Å². The first kappa shape index (κ1) is 41.7. The van der Waals surface area contributed by atoms with E-state index in [9.17, 15) is 9.90 Å². The van der Waals surface area contributed by atoms with Crippen molar-refractivity contribution in [1.82, 2.24) is 0 Å². The summed E-state index contributed by atoms with van der Waals surface area (Å²) in [6.45, 7) is 19.1. The fraction of sp³-hybridized carbons (Fsp3) is 0.938. The monoisotopic (exact) mass is 739 g/mol. The van der Waals surface area contributed by atoms with Crippen LogP contribution >= 0.6 is 0 Å². The number of rotatable bonds is 19. The smallest absolute Gasteiger partial charge is 0.306 e. The molecule has 2 aliphatic heterocycles. The van der Waals surface area contributed by atoms with Gasteiger partial charge in [0.25, 0.3) is 0 Å². The topological polar surface area (TPSA) is 68.3 Å². The maximum absolute atomic E-state index is 13.2. The fourth-order valence-corrected chi connectivity index (χ4v) is 13.6. The second kappa shape index (κ2) is 16.9. The average Bonchev–Trinajstić information content (AvgIpc) is 3.43. The molecule has 5 fully saturated rings. The number of unbranched alkanes of at least 4 members (excludes halogenated alkanes) is 14. The van der Waals surface area contributed by atoms with Crippen molar-refractivity contribution >= 4 is 5.97 Å². The highest BCUT2D eigenvalue weighted by Gasteiger charge is 2.67. The van der Waals surface area contributed by atoms with Crippen LogP contribution in [0.15, 0.2) is 11.6 Å². The summed E-state index contributed by atoms with van der Waals surface area (Å²) in [7, 11) is 0. The lowest BCUT2D eigenvalue weighted by Gasteiger charge is -2.64. The van der Waals surface area contributed by atoms with Crippen LogP contribution in [0.25, 0.3) is 0 Å². The third-order valence-electron chi connectivity index (χ3n) is 17.2. The summed E-state index contributed by atoms with van der Waals surface area (Å²) < 4.78 is 18.5. The molecule has 1 N–H and O–H groups in total. The van der Waals surface area contributed by atoms with Gasteiger partial charge in [-0.1, -0.05) is 143 Å². The van der Waals surface area contributed by atoms with Crippen LogP contribution in [-0.4, -0.2) is 41.3 Å². The molecule has 2 saturated heterocycles. The van der Waals surface area contributed by atoms with Crippen molar-refractivity contribution in [2.45, 2.75) is 240 Å². The van der Waals surface area contributed by atoms with Crippen molar-refractivity contribution in [2.75, 3.05) is 0 Å². The lowest BCUT2D eigenvalue weighted by molar-refractivity contribution is -0.177. The molecule has 0 aromatic heterocycles. The number of allylic oxidation sites excluding steroid dienone is 2. The molecule has 4 aliphatic carbocycles. The van der Waals surface area contributed by atoms with Crippen molar-refractivity contribution < 1.29 is 24.1 Å². The van der Waals surface area contributed by atoms with Crippen LogP contribution in [0.4, 0.5) is 0 Å². The van der Waals surface area contributed by atoms with Crippen LogP contribution in [0.1, 0.15) is 209 Å². The van der Waals surface area contributed by atoms with Gasteiger partial charge in [-0.3, -0.25) is 4.79 Å². The molecule has 0 amide bonds. The second-order valence-corrected chi connectivity index (χ2v) is 21.1. The predicted octanol–water partition coefficient (Wildman–Crippen LogP) is 12.7. The minimum Gasteiger partial charge on any atom is -0.462 e. The molecule has 304 valence electrons. The third-order valence-corrected chi connectivity index (χ3v) is 17.2. The van der Waals surface area contributed by atoms with Gasteiger partial charge in [0, 0.05) is 17.8 Å². The Balaban J connectivity index is 0.946. The molecule has 6 aliphatic rings. The number of aliphatic hydroxyl groups is 1. The zero-order valence-corrected chi connectivity index (χ0v) is 35.7. The molecule has 5 nitrogen and oxygen atoms in total. The standard InChI is InChI=1S/C48H82O5/c1-9-10-11-12-13-14-15-16-17-18-19-20-21-22-23-24-41(49)52-40-29-30-46(6)36-28-32-47(7)35(34-33-38(51-43(34)50)42-45(4,5)53-42)27-31-48(47,8)37(36)25-26-39(46)44(40,2)3/h25,34-36,38-40,42-43,50H,9-24,26-33H2,1-8H3. The molecule has 53 heavy (non-hydrogen) atoms. The number of ether oxygens (including phenoxy) is 3. The van der Waals surface area contributed by atoms with E-state index in [0.717, 1.165) is 38.5 Å². The molecule has 0 aromatic rings. The lowest BCUT2D eigenvalue weighted by Crippen LogP contribution is -2.58. The van der Waals surface area contributed by atoms with E-state index in [1.54, 1.807) is 5.57 Å². The van der Waals surface area contributed by atoms with Crippen LogP contribution in [-0.2, 0) is 19.0 Å². The Kier molecular flexibility index (Phi) is 13.3. The molecule has 3 saturated carbocycles. The van der Waals surface area contributed by atoms with E-state index >= 15 is 0 Å². The van der Waals surface area contributed by atoms with Crippen molar-refractivity contribution in [3.8, 4) is 0 Å². The average molecular weight is 739 g/mol. The first-order chi connectivity index (χ1) is 25.2. The highest BCUT2D eigenvalue weighted by atomic mass is 16.7. The van der Waals surface area contributed by atoms with Crippen molar-refractivity contribution in [3.05, 3.63) is 11.6 Å². The number of epoxide rings is 1. The van der Waals surface area contributed by atoms with E-state index in [-0.39, 0.29) is 57.5 Å². The molecule has 0 bridgehead atoms. The predicted molar refractivity (Wildman–Crippen MR) is 216 cm³/mol. The van der Waals surface area contributed by atoms with Gasteiger partial charge in [-0.05, 0) is 106 Å². The lowest BCUT2D eigenvalue weighted by atomic mass is 9.41. The minimum atomic E-state index is -0.679. The first-order valence-corrected chi connectivity index (χ1v) is 23.1. The molecule has 11 atom stereocenters. The number of fused-ring (bicyclic) bond motifs is 5. The summed E-state index contributed by atoms with van der Waals surface area (Å²) in [5, 5.41) is 11.2. The largest absolute Gasteiger partial charge is 0.462 e. The quantitative estimate of drug-likeness (QED) is 0.0618. The molecule has 5 heteroatoms. The number of carbonyl (C=O) groups excluding carboxylic acids is 1. The summed E-state index contributed by atoms with van der Waals surface area (Å²) in [6.07, 6.45) is 31.7. The van der Waals surface area contributed by atoms with Gasteiger partial charge in [-0.25, -0.2) is 0 Å². The van der Waals surface area contributed by atoms with E-state index in [4.69, 9.17) is 14.2 Å². The van der Waals surface area contributed by atoms with Gasteiger partial charge in [0.15, 0.2) is 6.29 Å². The van der Waals surface area contributed by atoms with Crippen LogP contribution in [0.5, 0.6) is 0 Å². The molecule has 2 heterocycles. The molecular formula is C48H82O5. The van der Waals surface area contributed by atoms with Gasteiger partial charge in [0.2, 0.25) is 0 Å². The number of hydrogen-bond donors (Lipinski definition) is 1. The molecule has 0 spiro atoms. The Morgan fingerprint density at radius 1 is 0.792 bits per heavy atom. The summed E-state index contributed by atoms with van der Waals surface area (Å²) in [5.41, 5.74) is 2.10. The molecule has 0 aromatic carbocycles. The Morgan fingerprint density at radius 3 is 1.96 bits per heavy atom. The van der Waals surface area contributed by atoms with E-state index in [1.807, 2.05) is 0 Å². The summed E-state index contributed by atoms with van der Waals surface area (Å²) in [6, 6.07) is 0. The Hall–Kier alpha value is -0.910. The highest BCUT2D eigenvalue weighted by molar-refractivity contribution is 5.69. The third kappa shape index (κ3) is 8.40. The zero-order chi connectivity index (χ0) is 38.1. The summed E-state index contributed by atoms with van der Waals surface area (Å²) in [4.78, 5) is 13.2. The van der Waals surface area contributed by atoms with Crippen LogP contribution < -0.4 is 0 Å². The normalized spacial score (nSPS) is 41.0. The Bertz CT molecular complexity index is 1250. The van der Waals surface area contributed by atoms with E-state index in [2.05, 4.69) is 61.5 Å². The Morgan fingerprint density at radius 2 is 1.38 bits per heavy atom. The second-order valence-electron chi connectivity index (χ2n) is 21.1. The SMILES string of the molecule is CCCCCCCCCCCCCCCCCC(=O)OC1CCC2(C)C3CCC4(C)C(C5CC(C6OC6(C)C)OC5O)CCC4(C)C3=CCC2C1(C)C. The van der Waals surface area contributed by atoms with Gasteiger partial charge in [0.05, 0.1) is 11.7 Å².